The number of halogens is 1. The standard InChI is InChI=1S/C21H31ClN6O4/c22-14-8-6-13(7-9-14)12-16-19(31)25-10-2-1-5-17(29)27-15(18(30)20(32)28-16)4-3-11-26-21(23)24/h6-9,15-16,18,30H,1-5,10-12H2,(H,25,31)(H,27,29)(H,28,32)(H4,23,24,26)/t15-,16+,18?/m0/s1. The zero-order valence-corrected chi connectivity index (χ0v) is 18.6. The quantitative estimate of drug-likeness (QED) is 0.188. The number of aliphatic hydroxyl groups is 1. The molecule has 0 radical (unpaired) electrons. The van der Waals surface area contributed by atoms with Crippen LogP contribution in [0.1, 0.15) is 37.7 Å². The number of nitrogens with one attached hydrogen (secondary N) is 3. The van der Waals surface area contributed by atoms with E-state index in [1.165, 1.54) is 0 Å². The van der Waals surface area contributed by atoms with Crippen LogP contribution in [0.4, 0.5) is 0 Å². The van der Waals surface area contributed by atoms with Gasteiger partial charge in [-0.05, 0) is 43.4 Å². The van der Waals surface area contributed by atoms with Crippen molar-refractivity contribution in [1.29, 1.82) is 0 Å². The SMILES string of the molecule is NC(N)=NCCC[C@@H]1NC(=O)CCCCNC(=O)[C@@H](Cc2ccc(Cl)cc2)NC(=O)C1O. The smallest absolute Gasteiger partial charge is 0.251 e. The number of amides is 3. The Labute approximate surface area is 192 Å². The lowest BCUT2D eigenvalue weighted by atomic mass is 10.0. The van der Waals surface area contributed by atoms with Crippen LogP contribution in [0.3, 0.4) is 0 Å². The molecule has 3 atom stereocenters. The summed E-state index contributed by atoms with van der Waals surface area (Å²) >= 11 is 5.92. The Kier molecular flexibility index (Phi) is 10.2. The molecular formula is C21H31ClN6O4. The predicted octanol–water partition coefficient (Wildman–Crippen LogP) is -0.433. The first-order valence-corrected chi connectivity index (χ1v) is 11.0. The van der Waals surface area contributed by atoms with Crippen LogP contribution < -0.4 is 27.4 Å². The third-order valence-corrected chi connectivity index (χ3v) is 5.33. The molecule has 3 amide bonds. The lowest BCUT2D eigenvalue weighted by molar-refractivity contribution is -0.136. The van der Waals surface area contributed by atoms with Gasteiger partial charge in [0.05, 0.1) is 6.04 Å². The third-order valence-electron chi connectivity index (χ3n) is 5.08. The lowest BCUT2D eigenvalue weighted by Gasteiger charge is -2.25. The summed E-state index contributed by atoms with van der Waals surface area (Å²) in [6.45, 7) is 0.675. The maximum absolute atomic E-state index is 12.8. The number of carbonyl (C=O) groups is 3. The first kappa shape index (κ1) is 25.4. The van der Waals surface area contributed by atoms with E-state index in [9.17, 15) is 19.5 Å². The van der Waals surface area contributed by atoms with Gasteiger partial charge in [-0.2, -0.15) is 0 Å². The van der Waals surface area contributed by atoms with Crippen molar-refractivity contribution in [3.8, 4) is 0 Å². The highest BCUT2D eigenvalue weighted by Gasteiger charge is 2.31. The lowest BCUT2D eigenvalue weighted by Crippen LogP contribution is -2.55. The van der Waals surface area contributed by atoms with Gasteiger partial charge in [-0.25, -0.2) is 0 Å². The molecule has 1 aliphatic heterocycles. The number of nitrogens with zero attached hydrogens (tertiary/aromatic N) is 1. The topological polar surface area (TPSA) is 172 Å². The molecule has 1 aromatic rings. The number of aliphatic imine (C=N–C) groups is 1. The van der Waals surface area contributed by atoms with Crippen LogP contribution in [0.25, 0.3) is 0 Å². The molecule has 1 saturated heterocycles. The number of guanidine groups is 1. The van der Waals surface area contributed by atoms with Gasteiger partial charge in [-0.15, -0.1) is 0 Å². The fourth-order valence-electron chi connectivity index (χ4n) is 3.36. The summed E-state index contributed by atoms with van der Waals surface area (Å²) in [5.41, 5.74) is 11.4. The van der Waals surface area contributed by atoms with Crippen LogP contribution in [0, 0.1) is 0 Å². The van der Waals surface area contributed by atoms with E-state index < -0.39 is 24.1 Å². The van der Waals surface area contributed by atoms with Crippen molar-refractivity contribution >= 4 is 35.3 Å². The molecule has 1 aliphatic rings. The molecule has 176 valence electrons. The van der Waals surface area contributed by atoms with Crippen molar-refractivity contribution in [3.63, 3.8) is 0 Å². The summed E-state index contributed by atoms with van der Waals surface area (Å²) in [5, 5.41) is 19.4. The van der Waals surface area contributed by atoms with Gasteiger partial charge in [0.2, 0.25) is 11.8 Å². The molecule has 1 aromatic carbocycles. The summed E-state index contributed by atoms with van der Waals surface area (Å²) in [4.78, 5) is 41.6. The summed E-state index contributed by atoms with van der Waals surface area (Å²) in [6.07, 6.45) is 0.808. The summed E-state index contributed by atoms with van der Waals surface area (Å²) in [5.74, 6) is -1.43. The van der Waals surface area contributed by atoms with Crippen molar-refractivity contribution in [1.82, 2.24) is 16.0 Å². The van der Waals surface area contributed by atoms with E-state index in [0.29, 0.717) is 37.4 Å². The van der Waals surface area contributed by atoms with E-state index in [1.54, 1.807) is 24.3 Å². The Bertz CT molecular complexity index is 813. The maximum atomic E-state index is 12.8. The number of hydrogen-bond acceptors (Lipinski definition) is 5. The highest BCUT2D eigenvalue weighted by atomic mass is 35.5. The van der Waals surface area contributed by atoms with Gasteiger partial charge in [0.15, 0.2) is 12.1 Å². The van der Waals surface area contributed by atoms with E-state index in [4.69, 9.17) is 23.1 Å². The second-order valence-electron chi connectivity index (χ2n) is 7.71. The van der Waals surface area contributed by atoms with E-state index in [1.807, 2.05) is 0 Å². The van der Waals surface area contributed by atoms with Gasteiger partial charge in [0.1, 0.15) is 6.04 Å². The fourth-order valence-corrected chi connectivity index (χ4v) is 3.48. The molecule has 32 heavy (non-hydrogen) atoms. The van der Waals surface area contributed by atoms with Crippen molar-refractivity contribution in [2.75, 3.05) is 13.1 Å². The number of rotatable bonds is 6. The number of carbonyl (C=O) groups excluding carboxylic acids is 3. The molecule has 0 aliphatic carbocycles. The second kappa shape index (κ2) is 12.9. The Morgan fingerprint density at radius 3 is 2.50 bits per heavy atom. The van der Waals surface area contributed by atoms with Gasteiger partial charge < -0.3 is 32.5 Å². The first-order chi connectivity index (χ1) is 15.3. The van der Waals surface area contributed by atoms with Gasteiger partial charge in [0, 0.05) is 31.0 Å². The highest BCUT2D eigenvalue weighted by molar-refractivity contribution is 6.30. The van der Waals surface area contributed by atoms with Gasteiger partial charge in [-0.3, -0.25) is 19.4 Å². The fraction of sp³-hybridized carbons (Fsp3) is 0.524. The van der Waals surface area contributed by atoms with Crippen molar-refractivity contribution in [2.24, 2.45) is 16.5 Å². The predicted molar refractivity (Wildman–Crippen MR) is 122 cm³/mol. The van der Waals surface area contributed by atoms with E-state index in [2.05, 4.69) is 20.9 Å². The Morgan fingerprint density at radius 2 is 1.81 bits per heavy atom. The number of aliphatic hydroxyl groups excluding tert-OH is 1. The molecule has 8 N–H and O–H groups in total. The number of nitrogens with two attached hydrogens (primary N) is 2. The monoisotopic (exact) mass is 466 g/mol. The average molecular weight is 467 g/mol. The average Bonchev–Trinajstić information content (AvgIpc) is 2.75. The largest absolute Gasteiger partial charge is 0.381 e. The summed E-state index contributed by atoms with van der Waals surface area (Å²) in [7, 11) is 0. The molecule has 2 rings (SSSR count). The molecule has 1 heterocycles. The minimum atomic E-state index is -1.54. The third kappa shape index (κ3) is 8.72. The molecule has 1 fully saturated rings. The van der Waals surface area contributed by atoms with Crippen LogP contribution in [0.15, 0.2) is 29.3 Å². The molecule has 1 unspecified atom stereocenters. The summed E-state index contributed by atoms with van der Waals surface area (Å²) in [6, 6.07) is 5.21. The van der Waals surface area contributed by atoms with Crippen LogP contribution in [-0.4, -0.2) is 60.1 Å². The summed E-state index contributed by atoms with van der Waals surface area (Å²) < 4.78 is 0. The van der Waals surface area contributed by atoms with Crippen LogP contribution in [0.2, 0.25) is 5.02 Å². The van der Waals surface area contributed by atoms with E-state index >= 15 is 0 Å². The highest BCUT2D eigenvalue weighted by Crippen LogP contribution is 2.12. The molecular weight excluding hydrogens is 436 g/mol. The Hall–Kier alpha value is -2.85. The number of benzene rings is 1. The van der Waals surface area contributed by atoms with Crippen molar-refractivity contribution in [3.05, 3.63) is 34.9 Å². The second-order valence-corrected chi connectivity index (χ2v) is 8.14. The van der Waals surface area contributed by atoms with Crippen LogP contribution in [-0.2, 0) is 20.8 Å². The van der Waals surface area contributed by atoms with Gasteiger partial charge >= 0.3 is 0 Å². The van der Waals surface area contributed by atoms with Crippen LogP contribution >= 0.6 is 11.6 Å². The molecule has 10 nitrogen and oxygen atoms in total. The number of hydrogen-bond donors (Lipinski definition) is 6. The zero-order chi connectivity index (χ0) is 23.5. The minimum Gasteiger partial charge on any atom is -0.381 e. The first-order valence-electron chi connectivity index (χ1n) is 10.6. The van der Waals surface area contributed by atoms with Crippen molar-refractivity contribution in [2.45, 2.75) is 56.7 Å². The van der Waals surface area contributed by atoms with Crippen LogP contribution in [0.5, 0.6) is 0 Å². The molecule has 0 aromatic heterocycles. The molecule has 0 bridgehead atoms. The minimum absolute atomic E-state index is 0.0571. The van der Waals surface area contributed by atoms with Crippen molar-refractivity contribution < 1.29 is 19.5 Å². The Balaban J connectivity index is 2.15. The zero-order valence-electron chi connectivity index (χ0n) is 17.9. The normalized spacial score (nSPS) is 22.9. The maximum Gasteiger partial charge on any atom is 0.251 e. The molecule has 0 saturated carbocycles. The molecule has 0 spiro atoms. The molecule has 11 heteroatoms. The van der Waals surface area contributed by atoms with Gasteiger partial charge in [-0.1, -0.05) is 23.7 Å². The van der Waals surface area contributed by atoms with Gasteiger partial charge in [0.25, 0.3) is 5.91 Å². The Morgan fingerprint density at radius 1 is 1.09 bits per heavy atom. The van der Waals surface area contributed by atoms with E-state index in [-0.39, 0.29) is 37.0 Å². The van der Waals surface area contributed by atoms with E-state index in [0.717, 1.165) is 5.56 Å².